The highest BCUT2D eigenvalue weighted by molar-refractivity contribution is 6.07. The molecule has 12 heteroatoms. The highest BCUT2D eigenvalue weighted by Gasteiger charge is 2.45. The van der Waals surface area contributed by atoms with Crippen molar-refractivity contribution in [3.05, 3.63) is 59.7 Å². The lowest BCUT2D eigenvalue weighted by Gasteiger charge is -2.16. The number of aromatic nitrogens is 2. The van der Waals surface area contributed by atoms with Crippen LogP contribution in [0.2, 0.25) is 0 Å². The fourth-order valence-electron chi connectivity index (χ4n) is 4.34. The van der Waals surface area contributed by atoms with Gasteiger partial charge in [-0.25, -0.2) is 4.79 Å². The summed E-state index contributed by atoms with van der Waals surface area (Å²) in [4.78, 5) is 33.6. The maximum Gasteiger partial charge on any atom is 0.491 e. The summed E-state index contributed by atoms with van der Waals surface area (Å²) in [6.45, 7) is 0.836. The van der Waals surface area contributed by atoms with E-state index in [4.69, 9.17) is 14.2 Å². The normalized spacial score (nSPS) is 18.1. The zero-order chi connectivity index (χ0) is 28.4. The van der Waals surface area contributed by atoms with Crippen molar-refractivity contribution in [2.75, 3.05) is 26.1 Å². The van der Waals surface area contributed by atoms with Crippen LogP contribution in [-0.4, -0.2) is 54.8 Å². The quantitative estimate of drug-likeness (QED) is 0.272. The highest BCUT2D eigenvalue weighted by atomic mass is 19.4. The van der Waals surface area contributed by atoms with Crippen LogP contribution < -0.4 is 24.8 Å². The third-order valence-electron chi connectivity index (χ3n) is 6.77. The summed E-state index contributed by atoms with van der Waals surface area (Å²) in [5, 5.41) is 6.07. The molecule has 1 amide bonds. The molecular weight excluding hydrogens is 529 g/mol. The number of hydrogen-bond acceptors (Lipinski definition) is 8. The predicted molar refractivity (Wildman–Crippen MR) is 139 cm³/mol. The number of ether oxygens (including phenoxy) is 3. The van der Waals surface area contributed by atoms with Crippen molar-refractivity contribution in [1.82, 2.24) is 15.3 Å². The first-order chi connectivity index (χ1) is 19.2. The second kappa shape index (κ2) is 11.1. The molecule has 40 heavy (non-hydrogen) atoms. The first-order valence-electron chi connectivity index (χ1n) is 12.7. The number of amides is 1. The minimum atomic E-state index is -5.21. The Hall–Kier alpha value is -4.19. The van der Waals surface area contributed by atoms with Gasteiger partial charge in [0.05, 0.1) is 25.8 Å². The van der Waals surface area contributed by atoms with E-state index in [9.17, 15) is 22.8 Å². The summed E-state index contributed by atoms with van der Waals surface area (Å²) in [6, 6.07) is 12.6. The number of methoxy groups -OCH3 is 2. The largest absolute Gasteiger partial charge is 0.491 e. The number of benzene rings is 2. The summed E-state index contributed by atoms with van der Waals surface area (Å²) in [7, 11) is 2.93. The number of esters is 1. The predicted octanol–water partition coefficient (Wildman–Crippen LogP) is 4.74. The number of hydrogen-bond donors (Lipinski definition) is 2. The van der Waals surface area contributed by atoms with E-state index in [2.05, 4.69) is 20.6 Å². The molecule has 2 aromatic carbocycles. The summed E-state index contributed by atoms with van der Waals surface area (Å²) in [5.74, 6) is -2.07. The van der Waals surface area contributed by atoms with Crippen LogP contribution in [0.3, 0.4) is 0 Å². The minimum Gasteiger partial charge on any atom is -0.481 e. The molecule has 2 fully saturated rings. The van der Waals surface area contributed by atoms with Gasteiger partial charge in [-0.1, -0.05) is 12.1 Å². The molecule has 1 heterocycles. The SMILES string of the molecule is COc1cc(OC)nc(-c2ccc(NC(=O)c3cccc(C4CC4NCC4CC4)c3OC(=O)C(F)(F)F)cc2)n1. The van der Waals surface area contributed by atoms with Gasteiger partial charge < -0.3 is 24.8 Å². The first kappa shape index (κ1) is 27.4. The molecule has 2 N–H and O–H groups in total. The molecule has 5 rings (SSSR count). The van der Waals surface area contributed by atoms with E-state index < -0.39 is 18.1 Å². The Bertz CT molecular complexity index is 1390. The number of nitrogens with zero attached hydrogens (tertiary/aromatic N) is 2. The number of rotatable bonds is 10. The third kappa shape index (κ3) is 6.33. The number of carbonyl (C=O) groups excluding carboxylic acids is 2. The molecule has 3 aromatic rings. The molecule has 9 nitrogen and oxygen atoms in total. The average molecular weight is 557 g/mol. The van der Waals surface area contributed by atoms with Crippen molar-refractivity contribution in [1.29, 1.82) is 0 Å². The molecule has 0 radical (unpaired) electrons. The maximum absolute atomic E-state index is 13.2. The van der Waals surface area contributed by atoms with Crippen LogP contribution >= 0.6 is 0 Å². The van der Waals surface area contributed by atoms with Gasteiger partial charge in [0.15, 0.2) is 5.82 Å². The van der Waals surface area contributed by atoms with Crippen molar-refractivity contribution in [3.63, 3.8) is 0 Å². The van der Waals surface area contributed by atoms with Gasteiger partial charge in [-0.05, 0) is 62.1 Å². The molecule has 0 aliphatic heterocycles. The van der Waals surface area contributed by atoms with Crippen LogP contribution in [-0.2, 0) is 4.79 Å². The Kier molecular flexibility index (Phi) is 7.61. The average Bonchev–Trinajstić information content (AvgIpc) is 3.87. The Balaban J connectivity index is 1.37. The minimum absolute atomic E-state index is 0.0484. The van der Waals surface area contributed by atoms with Gasteiger partial charge in [-0.15, -0.1) is 0 Å². The second-order valence-electron chi connectivity index (χ2n) is 9.72. The third-order valence-corrected chi connectivity index (χ3v) is 6.77. The summed E-state index contributed by atoms with van der Waals surface area (Å²) in [5.41, 5.74) is 1.18. The van der Waals surface area contributed by atoms with E-state index in [0.717, 1.165) is 19.4 Å². The molecule has 2 atom stereocenters. The van der Waals surface area contributed by atoms with Crippen LogP contribution in [0.4, 0.5) is 18.9 Å². The number of carbonyl (C=O) groups is 2. The van der Waals surface area contributed by atoms with E-state index >= 15 is 0 Å². The van der Waals surface area contributed by atoms with Crippen molar-refractivity contribution < 1.29 is 37.0 Å². The van der Waals surface area contributed by atoms with Crippen molar-refractivity contribution >= 4 is 17.6 Å². The Morgan fingerprint density at radius 3 is 2.27 bits per heavy atom. The number of anilines is 1. The molecule has 0 spiro atoms. The standard InChI is InChI=1S/C28H27F3N4O5/c1-38-22-13-23(39-2)35-25(34-22)16-8-10-17(11-9-16)33-26(36)19-5-3-4-18(24(19)40-27(37)28(29,30)31)20-12-21(20)32-14-15-6-7-15/h3-5,8-11,13,15,20-21,32H,6-7,12,14H2,1-2H3,(H,33,36). The molecule has 2 aliphatic carbocycles. The fraction of sp³-hybridized carbons (Fsp3) is 0.357. The molecule has 210 valence electrons. The summed E-state index contributed by atoms with van der Waals surface area (Å²) < 4.78 is 54.5. The topological polar surface area (TPSA) is 112 Å². The zero-order valence-corrected chi connectivity index (χ0v) is 21.7. The molecule has 2 unspecified atom stereocenters. The van der Waals surface area contributed by atoms with Gasteiger partial charge in [0, 0.05) is 28.8 Å². The Labute approximate surface area is 228 Å². The lowest BCUT2D eigenvalue weighted by atomic mass is 10.0. The number of para-hydroxylation sites is 1. The molecule has 2 aliphatic rings. The highest BCUT2D eigenvalue weighted by Crippen LogP contribution is 2.47. The molecule has 0 bridgehead atoms. The number of alkyl halides is 3. The lowest BCUT2D eigenvalue weighted by molar-refractivity contribution is -0.189. The van der Waals surface area contributed by atoms with Crippen molar-refractivity contribution in [3.8, 4) is 28.9 Å². The van der Waals surface area contributed by atoms with E-state index in [-0.39, 0.29) is 23.3 Å². The molecule has 1 aromatic heterocycles. The van der Waals surface area contributed by atoms with Crippen LogP contribution in [0.25, 0.3) is 11.4 Å². The molecule has 0 saturated heterocycles. The smallest absolute Gasteiger partial charge is 0.481 e. The van der Waals surface area contributed by atoms with E-state index in [1.165, 1.54) is 26.4 Å². The molecular formula is C28H27F3N4O5. The van der Waals surface area contributed by atoms with E-state index in [1.807, 2.05) is 0 Å². The van der Waals surface area contributed by atoms with Gasteiger partial charge in [0.25, 0.3) is 5.91 Å². The van der Waals surface area contributed by atoms with Gasteiger partial charge in [0.2, 0.25) is 11.8 Å². The van der Waals surface area contributed by atoms with Crippen LogP contribution in [0.15, 0.2) is 48.5 Å². The van der Waals surface area contributed by atoms with Crippen molar-refractivity contribution in [2.45, 2.75) is 37.4 Å². The summed E-state index contributed by atoms with van der Waals surface area (Å²) in [6.07, 6.45) is -2.21. The first-order valence-corrected chi connectivity index (χ1v) is 12.7. The Morgan fingerprint density at radius 1 is 1.00 bits per heavy atom. The second-order valence-corrected chi connectivity index (χ2v) is 9.72. The molecule has 2 saturated carbocycles. The zero-order valence-electron chi connectivity index (χ0n) is 21.7. The van der Waals surface area contributed by atoms with Gasteiger partial charge >= 0.3 is 12.1 Å². The van der Waals surface area contributed by atoms with Crippen molar-refractivity contribution in [2.24, 2.45) is 5.92 Å². The van der Waals surface area contributed by atoms with Gasteiger partial charge in [-0.3, -0.25) is 4.79 Å². The van der Waals surface area contributed by atoms with Gasteiger partial charge in [-0.2, -0.15) is 23.1 Å². The number of nitrogens with one attached hydrogen (secondary N) is 2. The van der Waals surface area contributed by atoms with Gasteiger partial charge in [0.1, 0.15) is 5.75 Å². The van der Waals surface area contributed by atoms with E-state index in [0.29, 0.717) is 46.7 Å². The number of halogens is 3. The Morgan fingerprint density at radius 2 is 1.68 bits per heavy atom. The monoisotopic (exact) mass is 556 g/mol. The maximum atomic E-state index is 13.2. The van der Waals surface area contributed by atoms with Crippen LogP contribution in [0.5, 0.6) is 17.5 Å². The fourth-order valence-corrected chi connectivity index (χ4v) is 4.34. The van der Waals surface area contributed by atoms with Crippen LogP contribution in [0, 0.1) is 5.92 Å². The lowest BCUT2D eigenvalue weighted by Crippen LogP contribution is -2.29. The van der Waals surface area contributed by atoms with Crippen LogP contribution in [0.1, 0.15) is 41.1 Å². The van der Waals surface area contributed by atoms with E-state index in [1.54, 1.807) is 36.4 Å². The summed E-state index contributed by atoms with van der Waals surface area (Å²) >= 11 is 0.